The second-order valence-electron chi connectivity index (χ2n) is 8.73. The Labute approximate surface area is 208 Å². The first-order chi connectivity index (χ1) is 16.7. The van der Waals surface area contributed by atoms with E-state index in [4.69, 9.17) is 14.2 Å². The van der Waals surface area contributed by atoms with Crippen LogP contribution in [0, 0.1) is 0 Å². The minimum Gasteiger partial charge on any atom is -0.482 e. The predicted octanol–water partition coefficient (Wildman–Crippen LogP) is 8.65. The Hall–Kier alpha value is -2.51. The summed E-state index contributed by atoms with van der Waals surface area (Å²) in [5.41, 5.74) is -1.08. The summed E-state index contributed by atoms with van der Waals surface area (Å²) < 4.78 is 19.5. The number of benzene rings is 3. The Balaban J connectivity index is 1.74. The smallest absolute Gasteiger partial charge is 0.299 e. The van der Waals surface area contributed by atoms with Crippen molar-refractivity contribution in [3.05, 3.63) is 91.0 Å². The molecule has 3 aromatic rings. The SMILES string of the molecule is CCCCCCCCCCC(Oc1ccccc1)C(P)(Oc1ccccc1)Oc1ccccc1. The van der Waals surface area contributed by atoms with Gasteiger partial charge in [-0.3, -0.25) is 0 Å². The third kappa shape index (κ3) is 9.03. The molecule has 3 nitrogen and oxygen atoms in total. The summed E-state index contributed by atoms with van der Waals surface area (Å²) in [5, 5.41) is 0. The van der Waals surface area contributed by atoms with E-state index in [1.807, 2.05) is 91.0 Å². The van der Waals surface area contributed by atoms with Gasteiger partial charge in [-0.05, 0) is 58.5 Å². The van der Waals surface area contributed by atoms with Crippen molar-refractivity contribution in [2.45, 2.75) is 76.3 Å². The Morgan fingerprint density at radius 3 is 1.47 bits per heavy atom. The van der Waals surface area contributed by atoms with E-state index in [2.05, 4.69) is 16.2 Å². The van der Waals surface area contributed by atoms with Crippen LogP contribution in [0.2, 0.25) is 0 Å². The molecule has 0 amide bonds. The molecule has 0 heterocycles. The summed E-state index contributed by atoms with van der Waals surface area (Å²) in [6.45, 7) is 2.26. The lowest BCUT2D eigenvalue weighted by molar-refractivity contribution is -0.109. The second kappa shape index (κ2) is 14.7. The van der Waals surface area contributed by atoms with Crippen LogP contribution in [0.15, 0.2) is 91.0 Å². The maximum Gasteiger partial charge on any atom is 0.299 e. The van der Waals surface area contributed by atoms with E-state index in [9.17, 15) is 0 Å². The molecule has 0 aromatic heterocycles. The average molecular weight is 479 g/mol. The van der Waals surface area contributed by atoms with E-state index in [1.54, 1.807) is 0 Å². The summed E-state index contributed by atoms with van der Waals surface area (Å²) in [4.78, 5) is 0. The zero-order valence-corrected chi connectivity index (χ0v) is 21.6. The van der Waals surface area contributed by atoms with Gasteiger partial charge in [0, 0.05) is 0 Å². The fourth-order valence-electron chi connectivity index (χ4n) is 3.97. The zero-order chi connectivity index (χ0) is 23.9. The molecule has 0 aliphatic rings. The lowest BCUT2D eigenvalue weighted by Crippen LogP contribution is -2.50. The van der Waals surface area contributed by atoms with Gasteiger partial charge in [0.1, 0.15) is 17.2 Å². The number of hydrogen-bond donors (Lipinski definition) is 0. The summed E-state index contributed by atoms with van der Waals surface area (Å²) in [7, 11) is 2.81. The van der Waals surface area contributed by atoms with Gasteiger partial charge in [-0.2, -0.15) is 0 Å². The molecule has 0 aliphatic heterocycles. The first-order valence-corrected chi connectivity index (χ1v) is 13.3. The lowest BCUT2D eigenvalue weighted by atomic mass is 10.0. The van der Waals surface area contributed by atoms with Crippen LogP contribution >= 0.6 is 9.24 Å². The maximum atomic E-state index is 6.51. The minimum absolute atomic E-state index is 0.319. The van der Waals surface area contributed by atoms with Gasteiger partial charge in [0.2, 0.25) is 0 Å². The average Bonchev–Trinajstić information content (AvgIpc) is 2.86. The first-order valence-electron chi connectivity index (χ1n) is 12.7. The largest absolute Gasteiger partial charge is 0.482 e. The standard InChI is InChI=1S/C30H39O3P/c1-2-3-4-5-6-7-8-18-25-29(31-26-19-12-9-13-20-26)30(34,32-27-21-14-10-15-22-27)33-28-23-16-11-17-24-28/h9-17,19-24,29H,2-8,18,25,34H2,1H3. The molecule has 0 spiro atoms. The Morgan fingerprint density at radius 1 is 0.588 bits per heavy atom. The first kappa shape index (κ1) is 26.1. The van der Waals surface area contributed by atoms with Crippen molar-refractivity contribution >= 4 is 9.24 Å². The maximum absolute atomic E-state index is 6.51. The van der Waals surface area contributed by atoms with E-state index in [0.29, 0.717) is 0 Å². The normalized spacial score (nSPS) is 12.2. The molecule has 2 unspecified atom stereocenters. The van der Waals surface area contributed by atoms with E-state index < -0.39 is 5.53 Å². The molecular weight excluding hydrogens is 439 g/mol. The molecule has 182 valence electrons. The quantitative estimate of drug-likeness (QED) is 0.117. The highest BCUT2D eigenvalue weighted by Crippen LogP contribution is 2.35. The third-order valence-corrected chi connectivity index (χ3v) is 6.44. The van der Waals surface area contributed by atoms with Crippen molar-refractivity contribution in [3.8, 4) is 17.2 Å². The van der Waals surface area contributed by atoms with Crippen LogP contribution in [0.25, 0.3) is 0 Å². The number of hydrogen-bond acceptors (Lipinski definition) is 3. The Kier molecular flexibility index (Phi) is 11.3. The molecule has 3 aromatic carbocycles. The molecule has 3 rings (SSSR count). The molecule has 0 saturated carbocycles. The van der Waals surface area contributed by atoms with Gasteiger partial charge in [0.05, 0.1) is 0 Å². The predicted molar refractivity (Wildman–Crippen MR) is 145 cm³/mol. The van der Waals surface area contributed by atoms with Crippen molar-refractivity contribution in [2.75, 3.05) is 0 Å². The fourth-order valence-corrected chi connectivity index (χ4v) is 4.47. The van der Waals surface area contributed by atoms with Gasteiger partial charge in [-0.15, -0.1) is 0 Å². The van der Waals surface area contributed by atoms with Crippen LogP contribution in [0.1, 0.15) is 64.7 Å². The van der Waals surface area contributed by atoms with Gasteiger partial charge >= 0.3 is 0 Å². The zero-order valence-electron chi connectivity index (χ0n) is 20.4. The highest BCUT2D eigenvalue weighted by Gasteiger charge is 2.41. The molecule has 4 heteroatoms. The third-order valence-electron chi connectivity index (χ3n) is 5.83. The van der Waals surface area contributed by atoms with Gasteiger partial charge in [-0.1, -0.05) is 106 Å². The van der Waals surface area contributed by atoms with Crippen molar-refractivity contribution in [1.29, 1.82) is 0 Å². The van der Waals surface area contributed by atoms with Gasteiger partial charge in [0.25, 0.3) is 5.53 Å². The Morgan fingerprint density at radius 2 is 1.00 bits per heavy atom. The number of unbranched alkanes of at least 4 members (excludes halogenated alkanes) is 7. The molecule has 0 N–H and O–H groups in total. The van der Waals surface area contributed by atoms with E-state index in [1.165, 1.54) is 44.9 Å². The van der Waals surface area contributed by atoms with Crippen molar-refractivity contribution in [3.63, 3.8) is 0 Å². The van der Waals surface area contributed by atoms with Gasteiger partial charge < -0.3 is 14.2 Å². The van der Waals surface area contributed by atoms with Crippen LogP contribution in [0.4, 0.5) is 0 Å². The molecule has 0 fully saturated rings. The van der Waals surface area contributed by atoms with E-state index >= 15 is 0 Å². The number of para-hydroxylation sites is 3. The summed E-state index contributed by atoms with van der Waals surface area (Å²) in [6.07, 6.45) is 10.6. The molecular formula is C30H39O3P. The Bertz CT molecular complexity index is 861. The summed E-state index contributed by atoms with van der Waals surface area (Å²) in [6, 6.07) is 29.6. The van der Waals surface area contributed by atoms with E-state index in [-0.39, 0.29) is 6.10 Å². The van der Waals surface area contributed by atoms with E-state index in [0.717, 1.165) is 30.1 Å². The molecule has 0 saturated heterocycles. The topological polar surface area (TPSA) is 27.7 Å². The minimum atomic E-state index is -1.08. The molecule has 0 aliphatic carbocycles. The van der Waals surface area contributed by atoms with Crippen molar-refractivity contribution in [1.82, 2.24) is 0 Å². The van der Waals surface area contributed by atoms with Gasteiger partial charge in [-0.25, -0.2) is 0 Å². The molecule has 0 radical (unpaired) electrons. The van der Waals surface area contributed by atoms with Crippen LogP contribution < -0.4 is 14.2 Å². The highest BCUT2D eigenvalue weighted by molar-refractivity contribution is 7.18. The highest BCUT2D eigenvalue weighted by atomic mass is 31.0. The number of rotatable bonds is 16. The molecule has 2 atom stereocenters. The molecule has 34 heavy (non-hydrogen) atoms. The van der Waals surface area contributed by atoms with Gasteiger partial charge in [0.15, 0.2) is 6.10 Å². The molecule has 0 bridgehead atoms. The van der Waals surface area contributed by atoms with Crippen molar-refractivity contribution in [2.24, 2.45) is 0 Å². The van der Waals surface area contributed by atoms with Crippen LogP contribution in [0.3, 0.4) is 0 Å². The lowest BCUT2D eigenvalue weighted by Gasteiger charge is -2.37. The van der Waals surface area contributed by atoms with Crippen LogP contribution in [-0.2, 0) is 0 Å². The monoisotopic (exact) mass is 478 g/mol. The van der Waals surface area contributed by atoms with Crippen LogP contribution in [0.5, 0.6) is 17.2 Å². The fraction of sp³-hybridized carbons (Fsp3) is 0.400. The second-order valence-corrected chi connectivity index (χ2v) is 9.54. The van der Waals surface area contributed by atoms with Crippen LogP contribution in [-0.4, -0.2) is 11.6 Å². The van der Waals surface area contributed by atoms with Crippen molar-refractivity contribution < 1.29 is 14.2 Å². The summed E-state index contributed by atoms with van der Waals surface area (Å²) in [5.74, 6) is 2.30. The number of ether oxygens (including phenoxy) is 3. The summed E-state index contributed by atoms with van der Waals surface area (Å²) >= 11 is 0.